The second-order valence-corrected chi connectivity index (χ2v) is 6.79. The Morgan fingerprint density at radius 1 is 1.15 bits per heavy atom. The van der Waals surface area contributed by atoms with Crippen molar-refractivity contribution in [2.24, 2.45) is 0 Å². The van der Waals surface area contributed by atoms with Crippen LogP contribution < -0.4 is 5.32 Å². The topological polar surface area (TPSA) is 49.4 Å². The largest absolute Gasteiger partial charge is 0.319 e. The molecular weight excluding hydrogens is 272 g/mol. The molecule has 0 saturated carbocycles. The average molecular weight is 298 g/mol. The normalized spacial score (nSPS) is 12.0. The van der Waals surface area contributed by atoms with Gasteiger partial charge in [-0.15, -0.1) is 0 Å². The molecule has 1 aromatic rings. The average Bonchev–Trinajstić information content (AvgIpc) is 2.46. The van der Waals surface area contributed by atoms with E-state index in [0.717, 1.165) is 31.4 Å². The molecule has 1 rings (SSSR count). The van der Waals surface area contributed by atoms with E-state index in [0.29, 0.717) is 18.0 Å². The molecule has 0 aliphatic rings. The van der Waals surface area contributed by atoms with Crippen molar-refractivity contribution in [2.45, 2.75) is 38.0 Å². The maximum Gasteiger partial charge on any atom is 0.243 e. The molecule has 4 nitrogen and oxygen atoms in total. The van der Waals surface area contributed by atoms with Gasteiger partial charge in [-0.05, 0) is 44.1 Å². The van der Waals surface area contributed by atoms with E-state index >= 15 is 0 Å². The highest BCUT2D eigenvalue weighted by Crippen LogP contribution is 2.17. The Morgan fingerprint density at radius 3 is 2.30 bits per heavy atom. The van der Waals surface area contributed by atoms with Gasteiger partial charge in [-0.2, -0.15) is 4.31 Å². The van der Waals surface area contributed by atoms with Crippen LogP contribution in [0.25, 0.3) is 0 Å². The van der Waals surface area contributed by atoms with E-state index in [1.807, 2.05) is 26.1 Å². The fraction of sp³-hybridized carbons (Fsp3) is 0.600. The molecule has 1 aromatic carbocycles. The van der Waals surface area contributed by atoms with Crippen molar-refractivity contribution >= 4 is 10.0 Å². The van der Waals surface area contributed by atoms with Crippen LogP contribution >= 0.6 is 0 Å². The summed E-state index contributed by atoms with van der Waals surface area (Å²) in [6.45, 7) is 5.95. The Hall–Kier alpha value is -0.910. The fourth-order valence-corrected chi connectivity index (χ4v) is 3.52. The zero-order valence-corrected chi connectivity index (χ0v) is 13.5. The Bertz CT molecular complexity index is 483. The minimum absolute atomic E-state index is 0.392. The quantitative estimate of drug-likeness (QED) is 0.761. The highest BCUT2D eigenvalue weighted by molar-refractivity contribution is 7.89. The summed E-state index contributed by atoms with van der Waals surface area (Å²) >= 11 is 0. The SMILES string of the molecule is CCCCN(CC)S(=O)(=O)c1ccc(CCNC)cc1. The Kier molecular flexibility index (Phi) is 7.19. The number of nitrogens with one attached hydrogen (secondary N) is 1. The van der Waals surface area contributed by atoms with Gasteiger partial charge >= 0.3 is 0 Å². The Balaban J connectivity index is 2.85. The first-order valence-electron chi connectivity index (χ1n) is 7.30. The molecule has 0 atom stereocenters. The van der Waals surface area contributed by atoms with Gasteiger partial charge in [0.25, 0.3) is 0 Å². The molecule has 0 aliphatic heterocycles. The van der Waals surface area contributed by atoms with E-state index in [1.54, 1.807) is 16.4 Å². The van der Waals surface area contributed by atoms with Gasteiger partial charge in [0.15, 0.2) is 0 Å². The van der Waals surface area contributed by atoms with E-state index in [4.69, 9.17) is 0 Å². The van der Waals surface area contributed by atoms with Gasteiger partial charge in [0.2, 0.25) is 10.0 Å². The van der Waals surface area contributed by atoms with Crippen LogP contribution in [0.15, 0.2) is 29.2 Å². The smallest absolute Gasteiger partial charge is 0.243 e. The highest BCUT2D eigenvalue weighted by atomic mass is 32.2. The van der Waals surface area contributed by atoms with Gasteiger partial charge in [0, 0.05) is 13.1 Å². The molecule has 0 unspecified atom stereocenters. The number of hydrogen-bond donors (Lipinski definition) is 1. The lowest BCUT2D eigenvalue weighted by molar-refractivity contribution is 0.419. The third kappa shape index (κ3) is 4.58. The predicted molar refractivity (Wildman–Crippen MR) is 83.4 cm³/mol. The van der Waals surface area contributed by atoms with Gasteiger partial charge in [-0.25, -0.2) is 8.42 Å². The highest BCUT2D eigenvalue weighted by Gasteiger charge is 2.22. The molecule has 20 heavy (non-hydrogen) atoms. The fourth-order valence-electron chi connectivity index (χ4n) is 2.03. The van der Waals surface area contributed by atoms with Crippen LogP contribution in [0, 0.1) is 0 Å². The summed E-state index contributed by atoms with van der Waals surface area (Å²) in [7, 11) is -1.43. The monoisotopic (exact) mass is 298 g/mol. The van der Waals surface area contributed by atoms with Crippen LogP contribution in [0.5, 0.6) is 0 Å². The first kappa shape index (κ1) is 17.1. The number of likely N-dealkylation sites (N-methyl/N-ethyl adjacent to an activating group) is 1. The molecule has 0 fully saturated rings. The van der Waals surface area contributed by atoms with Crippen molar-refractivity contribution < 1.29 is 8.42 Å². The van der Waals surface area contributed by atoms with Gasteiger partial charge in [-0.3, -0.25) is 0 Å². The summed E-state index contributed by atoms with van der Waals surface area (Å²) in [5, 5.41) is 3.09. The summed E-state index contributed by atoms with van der Waals surface area (Å²) in [4.78, 5) is 0.392. The zero-order valence-electron chi connectivity index (χ0n) is 12.7. The third-order valence-corrected chi connectivity index (χ3v) is 5.33. The van der Waals surface area contributed by atoms with Crippen molar-refractivity contribution in [3.63, 3.8) is 0 Å². The summed E-state index contributed by atoms with van der Waals surface area (Å²) in [5.41, 5.74) is 1.15. The molecule has 0 bridgehead atoms. The number of benzene rings is 1. The molecular formula is C15H26N2O2S. The summed E-state index contributed by atoms with van der Waals surface area (Å²) in [6.07, 6.45) is 2.80. The number of unbranched alkanes of at least 4 members (excludes halogenated alkanes) is 1. The maximum absolute atomic E-state index is 12.5. The van der Waals surface area contributed by atoms with Crippen LogP contribution in [0.2, 0.25) is 0 Å². The van der Waals surface area contributed by atoms with Crippen LogP contribution in [0.4, 0.5) is 0 Å². The minimum Gasteiger partial charge on any atom is -0.319 e. The van der Waals surface area contributed by atoms with Gasteiger partial charge in [0.1, 0.15) is 0 Å². The lowest BCUT2D eigenvalue weighted by Gasteiger charge is -2.20. The van der Waals surface area contributed by atoms with Crippen LogP contribution in [0.3, 0.4) is 0 Å². The number of nitrogens with zero attached hydrogens (tertiary/aromatic N) is 1. The van der Waals surface area contributed by atoms with Crippen molar-refractivity contribution in [1.29, 1.82) is 0 Å². The lowest BCUT2D eigenvalue weighted by atomic mass is 10.1. The lowest BCUT2D eigenvalue weighted by Crippen LogP contribution is -2.31. The first-order chi connectivity index (χ1) is 9.56. The molecule has 0 spiro atoms. The van der Waals surface area contributed by atoms with Gasteiger partial charge in [-0.1, -0.05) is 32.4 Å². The van der Waals surface area contributed by atoms with E-state index in [1.165, 1.54) is 0 Å². The standard InChI is InChI=1S/C15H26N2O2S/c1-4-6-13-17(5-2)20(18,19)15-9-7-14(8-10-15)11-12-16-3/h7-10,16H,4-6,11-13H2,1-3H3. The second-order valence-electron chi connectivity index (χ2n) is 4.85. The molecule has 5 heteroatoms. The summed E-state index contributed by atoms with van der Waals surface area (Å²) < 4.78 is 26.6. The molecule has 114 valence electrons. The van der Waals surface area contributed by atoms with Crippen molar-refractivity contribution in [3.8, 4) is 0 Å². The van der Waals surface area contributed by atoms with Crippen molar-refractivity contribution in [1.82, 2.24) is 9.62 Å². The Labute approximate surface area is 123 Å². The van der Waals surface area contributed by atoms with Crippen LogP contribution in [-0.2, 0) is 16.4 Å². The van der Waals surface area contributed by atoms with Gasteiger partial charge in [0.05, 0.1) is 4.90 Å². The van der Waals surface area contributed by atoms with E-state index in [9.17, 15) is 8.42 Å². The molecule has 0 saturated heterocycles. The third-order valence-electron chi connectivity index (χ3n) is 3.34. The van der Waals surface area contributed by atoms with Crippen LogP contribution in [0.1, 0.15) is 32.3 Å². The van der Waals surface area contributed by atoms with Gasteiger partial charge < -0.3 is 5.32 Å². The predicted octanol–water partition coefficient (Wildman–Crippen LogP) is 2.26. The molecule has 0 radical (unpaired) electrons. The number of rotatable bonds is 9. The maximum atomic E-state index is 12.5. The number of sulfonamides is 1. The molecule has 0 heterocycles. The summed E-state index contributed by atoms with van der Waals surface area (Å²) in [5.74, 6) is 0. The Morgan fingerprint density at radius 2 is 1.80 bits per heavy atom. The van der Waals surface area contributed by atoms with E-state index in [2.05, 4.69) is 12.2 Å². The molecule has 0 amide bonds. The van der Waals surface area contributed by atoms with E-state index in [-0.39, 0.29) is 0 Å². The minimum atomic E-state index is -3.34. The summed E-state index contributed by atoms with van der Waals surface area (Å²) in [6, 6.07) is 7.24. The molecule has 0 aromatic heterocycles. The molecule has 0 aliphatic carbocycles. The first-order valence-corrected chi connectivity index (χ1v) is 8.74. The van der Waals surface area contributed by atoms with Crippen molar-refractivity contribution in [2.75, 3.05) is 26.7 Å². The second kappa shape index (κ2) is 8.39. The zero-order chi connectivity index (χ0) is 15.0. The number of hydrogen-bond acceptors (Lipinski definition) is 3. The van der Waals surface area contributed by atoms with Crippen molar-refractivity contribution in [3.05, 3.63) is 29.8 Å². The van der Waals surface area contributed by atoms with Crippen LogP contribution in [-0.4, -0.2) is 39.4 Å². The molecule has 1 N–H and O–H groups in total. The van der Waals surface area contributed by atoms with E-state index < -0.39 is 10.0 Å².